The van der Waals surface area contributed by atoms with Crippen molar-refractivity contribution in [1.29, 1.82) is 0 Å². The number of carboxylic acid groups (broad SMARTS) is 1. The van der Waals surface area contributed by atoms with Gasteiger partial charge in [-0.3, -0.25) is 9.59 Å². The average Bonchev–Trinajstić information content (AvgIpc) is 2.86. The molecule has 0 spiro atoms. The van der Waals surface area contributed by atoms with Crippen molar-refractivity contribution in [2.75, 3.05) is 12.8 Å². The summed E-state index contributed by atoms with van der Waals surface area (Å²) in [4.78, 5) is 25.7. The number of aryl methyl sites for hydroxylation is 1. The van der Waals surface area contributed by atoms with Crippen molar-refractivity contribution in [3.05, 3.63) is 29.3 Å². The maximum Gasteiger partial charge on any atom is 0.308 e. The number of carboxylic acids is 1. The molecule has 126 valence electrons. The summed E-state index contributed by atoms with van der Waals surface area (Å²) >= 11 is 0. The lowest BCUT2D eigenvalue weighted by atomic mass is 10.0. The minimum Gasteiger partial charge on any atom is -0.481 e. The monoisotopic (exact) mass is 339 g/mol. The zero-order chi connectivity index (χ0) is 17.4. The lowest BCUT2D eigenvalue weighted by Gasteiger charge is -2.24. The second-order valence-electron chi connectivity index (χ2n) is 5.92. The molecule has 1 aliphatic rings. The van der Waals surface area contributed by atoms with Crippen molar-refractivity contribution in [1.82, 2.24) is 4.90 Å². The molecule has 1 amide bonds. The van der Waals surface area contributed by atoms with E-state index in [-0.39, 0.29) is 10.8 Å². The number of hydrogen-bond acceptors (Lipinski definition) is 4. The van der Waals surface area contributed by atoms with Crippen LogP contribution in [-0.4, -0.2) is 49.1 Å². The van der Waals surface area contributed by atoms with Gasteiger partial charge in [0.25, 0.3) is 5.91 Å². The SMILES string of the molecule is CCc1ccc(S(C)(=O)=O)cc1C(=O)N1CCC(C(=O)O)C1C. The fourth-order valence-electron chi connectivity index (χ4n) is 3.00. The highest BCUT2D eigenvalue weighted by Gasteiger charge is 2.38. The Labute approximate surface area is 136 Å². The molecule has 1 heterocycles. The summed E-state index contributed by atoms with van der Waals surface area (Å²) in [5.74, 6) is -1.79. The molecule has 2 unspecified atom stereocenters. The van der Waals surface area contributed by atoms with Crippen LogP contribution in [0.15, 0.2) is 23.1 Å². The first-order chi connectivity index (χ1) is 10.7. The third-order valence-electron chi connectivity index (χ3n) is 4.45. The first kappa shape index (κ1) is 17.5. The van der Waals surface area contributed by atoms with Crippen molar-refractivity contribution in [3.63, 3.8) is 0 Å². The molecule has 2 rings (SSSR count). The van der Waals surface area contributed by atoms with E-state index in [0.717, 1.165) is 11.8 Å². The van der Waals surface area contributed by atoms with Crippen molar-refractivity contribution >= 4 is 21.7 Å². The van der Waals surface area contributed by atoms with Gasteiger partial charge in [-0.2, -0.15) is 0 Å². The van der Waals surface area contributed by atoms with E-state index in [4.69, 9.17) is 0 Å². The first-order valence-electron chi connectivity index (χ1n) is 7.53. The zero-order valence-corrected chi connectivity index (χ0v) is 14.3. The summed E-state index contributed by atoms with van der Waals surface area (Å²) in [6, 6.07) is 4.14. The summed E-state index contributed by atoms with van der Waals surface area (Å²) in [6.45, 7) is 3.97. The van der Waals surface area contributed by atoms with Gasteiger partial charge >= 0.3 is 5.97 Å². The average molecular weight is 339 g/mol. The summed E-state index contributed by atoms with van der Waals surface area (Å²) in [6.07, 6.45) is 2.10. The predicted octanol–water partition coefficient (Wildman–Crippen LogP) is 1.59. The van der Waals surface area contributed by atoms with E-state index in [0.29, 0.717) is 24.9 Å². The van der Waals surface area contributed by atoms with Gasteiger partial charge in [0.15, 0.2) is 9.84 Å². The van der Waals surface area contributed by atoms with Gasteiger partial charge in [0.05, 0.1) is 10.8 Å². The number of aliphatic carboxylic acids is 1. The van der Waals surface area contributed by atoms with Gasteiger partial charge in [-0.25, -0.2) is 8.42 Å². The second kappa shape index (κ2) is 6.31. The Bertz CT molecular complexity index is 741. The van der Waals surface area contributed by atoms with Gasteiger partial charge in [-0.1, -0.05) is 13.0 Å². The summed E-state index contributed by atoms with van der Waals surface area (Å²) in [7, 11) is -3.41. The number of rotatable bonds is 4. The van der Waals surface area contributed by atoms with E-state index in [2.05, 4.69) is 0 Å². The third kappa shape index (κ3) is 3.39. The fourth-order valence-corrected chi connectivity index (χ4v) is 3.65. The first-order valence-corrected chi connectivity index (χ1v) is 9.42. The van der Waals surface area contributed by atoms with E-state index in [9.17, 15) is 23.1 Å². The molecule has 1 aromatic rings. The maximum atomic E-state index is 12.8. The molecule has 0 aromatic heterocycles. The molecule has 1 N–H and O–H groups in total. The summed E-state index contributed by atoms with van der Waals surface area (Å²) in [5, 5.41) is 9.19. The van der Waals surface area contributed by atoms with Crippen LogP contribution in [0, 0.1) is 5.92 Å². The Morgan fingerprint density at radius 3 is 2.48 bits per heavy atom. The molecule has 23 heavy (non-hydrogen) atoms. The van der Waals surface area contributed by atoms with Crippen LogP contribution < -0.4 is 0 Å². The number of amides is 1. The molecule has 1 aromatic carbocycles. The molecule has 7 heteroatoms. The number of sulfone groups is 1. The molecular formula is C16H21NO5S. The molecule has 1 fully saturated rings. The smallest absolute Gasteiger partial charge is 0.308 e. The van der Waals surface area contributed by atoms with Gasteiger partial charge in [0.1, 0.15) is 0 Å². The van der Waals surface area contributed by atoms with Crippen molar-refractivity contribution in [3.8, 4) is 0 Å². The molecule has 0 radical (unpaired) electrons. The molecule has 0 bridgehead atoms. The van der Waals surface area contributed by atoms with Crippen LogP contribution >= 0.6 is 0 Å². The number of likely N-dealkylation sites (tertiary alicyclic amines) is 1. The minimum absolute atomic E-state index is 0.0969. The zero-order valence-electron chi connectivity index (χ0n) is 13.4. The molecule has 6 nitrogen and oxygen atoms in total. The largest absolute Gasteiger partial charge is 0.481 e. The fraction of sp³-hybridized carbons (Fsp3) is 0.500. The Hall–Kier alpha value is -1.89. The van der Waals surface area contributed by atoms with Crippen LogP contribution in [0.5, 0.6) is 0 Å². The molecule has 0 saturated carbocycles. The standard InChI is InChI=1S/C16H21NO5S/c1-4-11-5-6-12(23(3,21)22)9-14(11)15(18)17-8-7-13(10(17)2)16(19)20/h5-6,9-10,13H,4,7-8H2,1-3H3,(H,19,20). The summed E-state index contributed by atoms with van der Waals surface area (Å²) in [5.41, 5.74) is 1.10. The van der Waals surface area contributed by atoms with E-state index < -0.39 is 27.8 Å². The number of carbonyl (C=O) groups is 2. The number of nitrogens with zero attached hydrogens (tertiary/aromatic N) is 1. The van der Waals surface area contributed by atoms with Gasteiger partial charge < -0.3 is 10.0 Å². The summed E-state index contributed by atoms with van der Waals surface area (Å²) < 4.78 is 23.5. The van der Waals surface area contributed by atoms with E-state index in [1.807, 2.05) is 6.92 Å². The van der Waals surface area contributed by atoms with Gasteiger partial charge in [0, 0.05) is 24.4 Å². The lowest BCUT2D eigenvalue weighted by Crippen LogP contribution is -2.38. The van der Waals surface area contributed by atoms with E-state index in [1.54, 1.807) is 13.0 Å². The minimum atomic E-state index is -3.41. The lowest BCUT2D eigenvalue weighted by molar-refractivity contribution is -0.142. The van der Waals surface area contributed by atoms with Crippen molar-refractivity contribution in [2.45, 2.75) is 37.6 Å². The van der Waals surface area contributed by atoms with Crippen LogP contribution in [0.4, 0.5) is 0 Å². The van der Waals surface area contributed by atoms with Crippen LogP contribution in [0.25, 0.3) is 0 Å². The molecule has 0 aliphatic carbocycles. The maximum absolute atomic E-state index is 12.8. The highest BCUT2D eigenvalue weighted by atomic mass is 32.2. The van der Waals surface area contributed by atoms with Crippen molar-refractivity contribution in [2.24, 2.45) is 5.92 Å². The van der Waals surface area contributed by atoms with Crippen molar-refractivity contribution < 1.29 is 23.1 Å². The Kier molecular flexibility index (Phi) is 4.79. The predicted molar refractivity (Wildman–Crippen MR) is 85.2 cm³/mol. The highest BCUT2D eigenvalue weighted by Crippen LogP contribution is 2.28. The van der Waals surface area contributed by atoms with Gasteiger partial charge in [0.2, 0.25) is 0 Å². The van der Waals surface area contributed by atoms with Crippen LogP contribution in [-0.2, 0) is 21.1 Å². The normalized spacial score (nSPS) is 21.4. The van der Waals surface area contributed by atoms with E-state index >= 15 is 0 Å². The molecule has 1 saturated heterocycles. The quantitative estimate of drug-likeness (QED) is 0.899. The topological polar surface area (TPSA) is 91.8 Å². The number of carbonyl (C=O) groups excluding carboxylic acids is 1. The Balaban J connectivity index is 2.41. The molecule has 2 atom stereocenters. The van der Waals surface area contributed by atoms with Gasteiger partial charge in [-0.15, -0.1) is 0 Å². The Morgan fingerprint density at radius 1 is 1.35 bits per heavy atom. The van der Waals surface area contributed by atoms with Crippen LogP contribution in [0.3, 0.4) is 0 Å². The number of benzene rings is 1. The third-order valence-corrected chi connectivity index (χ3v) is 5.56. The second-order valence-corrected chi connectivity index (χ2v) is 7.93. The molecular weight excluding hydrogens is 318 g/mol. The van der Waals surface area contributed by atoms with Crippen LogP contribution in [0.1, 0.15) is 36.2 Å². The van der Waals surface area contributed by atoms with Gasteiger partial charge in [-0.05, 0) is 37.5 Å². The van der Waals surface area contributed by atoms with E-state index in [1.165, 1.54) is 17.0 Å². The Morgan fingerprint density at radius 2 is 2.00 bits per heavy atom. The number of hydrogen-bond donors (Lipinski definition) is 1. The molecule has 1 aliphatic heterocycles. The van der Waals surface area contributed by atoms with Crippen LogP contribution in [0.2, 0.25) is 0 Å². The highest BCUT2D eigenvalue weighted by molar-refractivity contribution is 7.90.